The van der Waals surface area contributed by atoms with Crippen LogP contribution in [0.1, 0.15) is 0 Å². The van der Waals surface area contributed by atoms with Crippen LogP contribution in [0.25, 0.3) is 0 Å². The molecule has 0 bridgehead atoms. The molecule has 0 fully saturated rings. The van der Waals surface area contributed by atoms with Crippen LogP contribution >= 0.6 is 0 Å². The predicted octanol–water partition coefficient (Wildman–Crippen LogP) is 1.30. The quantitative estimate of drug-likeness (QED) is 0.619. The standard InChI is InChI=1S/C11H17N3O3/c1-12(2)6-7-13(3)9-4-5-10(14(16)17)11(15)8-9/h4-5,8,15H,6-7H2,1-3H3. The van der Waals surface area contributed by atoms with Crippen molar-refractivity contribution in [1.29, 1.82) is 0 Å². The fourth-order valence-corrected chi connectivity index (χ4v) is 1.38. The van der Waals surface area contributed by atoms with Gasteiger partial charge in [-0.1, -0.05) is 0 Å². The highest BCUT2D eigenvalue weighted by Gasteiger charge is 2.14. The van der Waals surface area contributed by atoms with Gasteiger partial charge in [0.15, 0.2) is 5.75 Å². The Hall–Kier alpha value is -1.82. The molecular formula is C11H17N3O3. The molecule has 0 amide bonds. The van der Waals surface area contributed by atoms with Gasteiger partial charge in [0.1, 0.15) is 0 Å². The Morgan fingerprint density at radius 2 is 1.94 bits per heavy atom. The number of anilines is 1. The summed E-state index contributed by atoms with van der Waals surface area (Å²) >= 11 is 0. The lowest BCUT2D eigenvalue weighted by atomic mass is 10.2. The number of nitro groups is 1. The van der Waals surface area contributed by atoms with Crippen molar-refractivity contribution in [3.63, 3.8) is 0 Å². The van der Waals surface area contributed by atoms with Gasteiger partial charge in [0.25, 0.3) is 0 Å². The fraction of sp³-hybridized carbons (Fsp3) is 0.455. The van der Waals surface area contributed by atoms with E-state index in [2.05, 4.69) is 0 Å². The molecule has 0 unspecified atom stereocenters. The van der Waals surface area contributed by atoms with Gasteiger partial charge in [-0.3, -0.25) is 10.1 Å². The summed E-state index contributed by atoms with van der Waals surface area (Å²) in [6, 6.07) is 4.36. The van der Waals surface area contributed by atoms with Crippen LogP contribution in [0.2, 0.25) is 0 Å². The Morgan fingerprint density at radius 1 is 1.29 bits per heavy atom. The van der Waals surface area contributed by atoms with Gasteiger partial charge in [-0.25, -0.2) is 0 Å². The van der Waals surface area contributed by atoms with Crippen molar-refractivity contribution in [1.82, 2.24) is 4.90 Å². The third kappa shape index (κ3) is 3.60. The summed E-state index contributed by atoms with van der Waals surface area (Å²) in [5.41, 5.74) is 0.490. The van der Waals surface area contributed by atoms with E-state index in [1.54, 1.807) is 6.07 Å². The van der Waals surface area contributed by atoms with Crippen LogP contribution in [0.3, 0.4) is 0 Å². The highest BCUT2D eigenvalue weighted by molar-refractivity contribution is 5.58. The first-order valence-electron chi connectivity index (χ1n) is 5.25. The first-order valence-corrected chi connectivity index (χ1v) is 5.25. The van der Waals surface area contributed by atoms with E-state index in [0.29, 0.717) is 0 Å². The summed E-state index contributed by atoms with van der Waals surface area (Å²) in [6.45, 7) is 1.65. The van der Waals surface area contributed by atoms with Crippen molar-refractivity contribution >= 4 is 11.4 Å². The maximum Gasteiger partial charge on any atom is 0.310 e. The molecule has 0 aromatic heterocycles. The molecule has 0 heterocycles. The highest BCUT2D eigenvalue weighted by Crippen LogP contribution is 2.29. The molecule has 6 heteroatoms. The van der Waals surface area contributed by atoms with Gasteiger partial charge in [-0.05, 0) is 20.2 Å². The number of hydrogen-bond donors (Lipinski definition) is 1. The van der Waals surface area contributed by atoms with Crippen LogP contribution in [0.15, 0.2) is 18.2 Å². The number of aromatic hydroxyl groups is 1. The highest BCUT2D eigenvalue weighted by atomic mass is 16.6. The van der Waals surface area contributed by atoms with Crippen LogP contribution < -0.4 is 4.90 Å². The number of rotatable bonds is 5. The van der Waals surface area contributed by atoms with Crippen LogP contribution in [0.5, 0.6) is 5.75 Å². The van der Waals surface area contributed by atoms with Crippen LogP contribution in [-0.2, 0) is 0 Å². The minimum atomic E-state index is -0.598. The van der Waals surface area contributed by atoms with Crippen molar-refractivity contribution in [2.24, 2.45) is 0 Å². The van der Waals surface area contributed by atoms with Gasteiger partial charge in [0, 0.05) is 38.0 Å². The summed E-state index contributed by atoms with van der Waals surface area (Å²) in [5.74, 6) is -0.302. The van der Waals surface area contributed by atoms with Crippen molar-refractivity contribution in [2.75, 3.05) is 39.1 Å². The molecule has 0 atom stereocenters. The second kappa shape index (κ2) is 5.49. The molecule has 1 aromatic carbocycles. The second-order valence-electron chi connectivity index (χ2n) is 4.15. The minimum absolute atomic E-state index is 0.269. The van der Waals surface area contributed by atoms with Gasteiger partial charge in [-0.15, -0.1) is 0 Å². The molecule has 0 saturated carbocycles. The van der Waals surface area contributed by atoms with E-state index in [-0.39, 0.29) is 11.4 Å². The van der Waals surface area contributed by atoms with Crippen LogP contribution in [0.4, 0.5) is 11.4 Å². The number of benzene rings is 1. The lowest BCUT2D eigenvalue weighted by Crippen LogP contribution is -2.28. The van der Waals surface area contributed by atoms with Gasteiger partial charge in [-0.2, -0.15) is 0 Å². The Morgan fingerprint density at radius 3 is 2.41 bits per heavy atom. The molecule has 0 aliphatic carbocycles. The molecule has 0 aliphatic rings. The van der Waals surface area contributed by atoms with E-state index in [4.69, 9.17) is 0 Å². The number of nitro benzene ring substituents is 1. The van der Waals surface area contributed by atoms with Gasteiger partial charge >= 0.3 is 5.69 Å². The monoisotopic (exact) mass is 239 g/mol. The van der Waals surface area contributed by atoms with Crippen molar-refractivity contribution in [3.8, 4) is 5.75 Å². The second-order valence-corrected chi connectivity index (χ2v) is 4.15. The third-order valence-electron chi connectivity index (χ3n) is 2.48. The molecule has 94 valence electrons. The van der Waals surface area contributed by atoms with Gasteiger partial charge < -0.3 is 14.9 Å². The molecule has 1 aromatic rings. The SMILES string of the molecule is CN(C)CCN(C)c1ccc([N+](=O)[O-])c(O)c1. The zero-order valence-electron chi connectivity index (χ0n) is 10.3. The Bertz CT molecular complexity index is 407. The van der Waals surface area contributed by atoms with E-state index in [1.807, 2.05) is 30.9 Å². The smallest absolute Gasteiger partial charge is 0.310 e. The molecule has 17 heavy (non-hydrogen) atoms. The van der Waals surface area contributed by atoms with Crippen LogP contribution in [-0.4, -0.2) is 49.2 Å². The average molecular weight is 239 g/mol. The number of phenolic OH excluding ortho intramolecular Hbond substituents is 1. The fourth-order valence-electron chi connectivity index (χ4n) is 1.38. The van der Waals surface area contributed by atoms with E-state index in [0.717, 1.165) is 18.8 Å². The molecule has 0 aliphatic heterocycles. The van der Waals surface area contributed by atoms with Crippen LogP contribution in [0, 0.1) is 10.1 Å². The van der Waals surface area contributed by atoms with Crippen molar-refractivity contribution in [2.45, 2.75) is 0 Å². The van der Waals surface area contributed by atoms with Crippen molar-refractivity contribution < 1.29 is 10.0 Å². The lowest BCUT2D eigenvalue weighted by Gasteiger charge is -2.21. The van der Waals surface area contributed by atoms with Gasteiger partial charge in [0.2, 0.25) is 0 Å². The summed E-state index contributed by atoms with van der Waals surface area (Å²) < 4.78 is 0. The third-order valence-corrected chi connectivity index (χ3v) is 2.48. The number of nitrogens with zero attached hydrogens (tertiary/aromatic N) is 3. The zero-order valence-corrected chi connectivity index (χ0v) is 10.3. The summed E-state index contributed by atoms with van der Waals surface area (Å²) in [7, 11) is 5.83. The maximum absolute atomic E-state index is 10.5. The van der Waals surface area contributed by atoms with E-state index < -0.39 is 4.92 Å². The first-order chi connectivity index (χ1) is 7.91. The minimum Gasteiger partial charge on any atom is -0.502 e. The number of hydrogen-bond acceptors (Lipinski definition) is 5. The Labute approximate surface area is 100 Å². The van der Waals surface area contributed by atoms with Crippen molar-refractivity contribution in [3.05, 3.63) is 28.3 Å². The van der Waals surface area contributed by atoms with E-state index >= 15 is 0 Å². The molecule has 0 saturated heterocycles. The maximum atomic E-state index is 10.5. The predicted molar refractivity (Wildman–Crippen MR) is 66.6 cm³/mol. The van der Waals surface area contributed by atoms with Gasteiger partial charge in [0.05, 0.1) is 4.92 Å². The normalized spacial score (nSPS) is 10.6. The molecule has 0 radical (unpaired) electrons. The van der Waals surface area contributed by atoms with E-state index in [9.17, 15) is 15.2 Å². The summed E-state index contributed by atoms with van der Waals surface area (Å²) in [6.07, 6.45) is 0. The molecular weight excluding hydrogens is 222 g/mol. The first kappa shape index (κ1) is 13.2. The Kier molecular flexibility index (Phi) is 4.28. The molecule has 1 rings (SSSR count). The lowest BCUT2D eigenvalue weighted by molar-refractivity contribution is -0.385. The Balaban J connectivity index is 2.79. The number of likely N-dealkylation sites (N-methyl/N-ethyl adjacent to an activating group) is 2. The largest absolute Gasteiger partial charge is 0.502 e. The molecule has 6 nitrogen and oxygen atoms in total. The number of phenols is 1. The average Bonchev–Trinajstić information content (AvgIpc) is 2.25. The molecule has 0 spiro atoms. The summed E-state index contributed by atoms with van der Waals surface area (Å²) in [4.78, 5) is 13.9. The van der Waals surface area contributed by atoms with E-state index in [1.165, 1.54) is 12.1 Å². The topological polar surface area (TPSA) is 69.9 Å². The summed E-state index contributed by atoms with van der Waals surface area (Å²) in [5, 5.41) is 20.1. The molecule has 1 N–H and O–H groups in total. The zero-order chi connectivity index (χ0) is 13.0.